The highest BCUT2D eigenvalue weighted by Gasteiger charge is 2.26. The Balaban J connectivity index is 2.27. The minimum Gasteiger partial charge on any atom is -0.305 e. The molecule has 0 aromatic carbocycles. The summed E-state index contributed by atoms with van der Waals surface area (Å²) in [5.41, 5.74) is 0. The maximum atomic E-state index is 5.84. The van der Waals surface area contributed by atoms with E-state index in [4.69, 9.17) is 11.6 Å². The van der Waals surface area contributed by atoms with E-state index < -0.39 is 0 Å². The van der Waals surface area contributed by atoms with Crippen molar-refractivity contribution in [3.63, 3.8) is 0 Å². The van der Waals surface area contributed by atoms with Crippen molar-refractivity contribution in [1.82, 2.24) is 14.9 Å². The van der Waals surface area contributed by atoms with E-state index in [2.05, 4.69) is 29.1 Å². The van der Waals surface area contributed by atoms with E-state index in [0.29, 0.717) is 18.0 Å². The van der Waals surface area contributed by atoms with Crippen LogP contribution in [-0.4, -0.2) is 27.0 Å². The molecule has 0 amide bonds. The van der Waals surface area contributed by atoms with Crippen LogP contribution >= 0.6 is 11.6 Å². The fourth-order valence-electron chi connectivity index (χ4n) is 2.37. The summed E-state index contributed by atoms with van der Waals surface area (Å²) in [6, 6.07) is 1.07. The van der Waals surface area contributed by atoms with Crippen LogP contribution in [0.2, 0.25) is 0 Å². The van der Waals surface area contributed by atoms with Crippen LogP contribution in [0.15, 0.2) is 6.33 Å². The number of hydrogen-bond donors (Lipinski definition) is 0. The van der Waals surface area contributed by atoms with Crippen molar-refractivity contribution in [2.24, 2.45) is 0 Å². The van der Waals surface area contributed by atoms with E-state index >= 15 is 0 Å². The summed E-state index contributed by atoms with van der Waals surface area (Å²) in [4.78, 5) is 0. The molecule has 1 aliphatic rings. The third-order valence-corrected chi connectivity index (χ3v) is 3.35. The number of nitrogens with zero attached hydrogens (tertiary/aromatic N) is 4. The summed E-state index contributed by atoms with van der Waals surface area (Å²) in [6.07, 6.45) is 5.52. The number of rotatable bonds is 2. The van der Waals surface area contributed by atoms with Gasteiger partial charge in [0.2, 0.25) is 0 Å². The molecule has 1 fully saturated rings. The zero-order valence-electron chi connectivity index (χ0n) is 9.23. The van der Waals surface area contributed by atoms with E-state index in [-0.39, 0.29) is 0 Å². The average Bonchev–Trinajstić information content (AvgIpc) is 2.65. The molecule has 0 radical (unpaired) electrons. The Hall–Kier alpha value is -0.770. The van der Waals surface area contributed by atoms with Crippen molar-refractivity contribution in [2.45, 2.75) is 51.1 Å². The monoisotopic (exact) mass is 228 g/mol. The quantitative estimate of drug-likeness (QED) is 0.726. The normalized spacial score (nSPS) is 27.0. The van der Waals surface area contributed by atoms with Gasteiger partial charge in [-0.1, -0.05) is 0 Å². The first-order valence-corrected chi connectivity index (χ1v) is 6.01. The smallest absolute Gasteiger partial charge is 0.166 e. The Morgan fingerprint density at radius 2 is 2.07 bits per heavy atom. The Morgan fingerprint density at radius 3 is 2.67 bits per heavy atom. The van der Waals surface area contributed by atoms with Crippen LogP contribution in [0.3, 0.4) is 0 Å². The predicted molar refractivity (Wildman–Crippen MR) is 60.6 cm³/mol. The zero-order chi connectivity index (χ0) is 10.8. The SMILES string of the molecule is CC1CCCC(C)N1n1cnnc1CCl. The van der Waals surface area contributed by atoms with E-state index in [1.165, 1.54) is 19.3 Å². The molecule has 1 aliphatic heterocycles. The molecule has 2 unspecified atom stereocenters. The van der Waals surface area contributed by atoms with Gasteiger partial charge in [0.25, 0.3) is 0 Å². The zero-order valence-corrected chi connectivity index (χ0v) is 9.98. The number of piperidine rings is 1. The van der Waals surface area contributed by atoms with Crippen molar-refractivity contribution in [2.75, 3.05) is 5.01 Å². The first-order valence-electron chi connectivity index (χ1n) is 5.47. The molecule has 5 heteroatoms. The second-order valence-corrected chi connectivity index (χ2v) is 4.50. The van der Waals surface area contributed by atoms with E-state index in [0.717, 1.165) is 5.82 Å². The van der Waals surface area contributed by atoms with Gasteiger partial charge in [0.05, 0.1) is 5.88 Å². The minimum absolute atomic E-state index is 0.413. The summed E-state index contributed by atoms with van der Waals surface area (Å²) in [7, 11) is 0. The molecule has 0 bridgehead atoms. The van der Waals surface area contributed by atoms with Gasteiger partial charge in [-0.3, -0.25) is 0 Å². The van der Waals surface area contributed by atoms with Crippen LogP contribution in [0.4, 0.5) is 0 Å². The van der Waals surface area contributed by atoms with Gasteiger partial charge in [-0.25, -0.2) is 4.68 Å². The lowest BCUT2D eigenvalue weighted by Crippen LogP contribution is -2.51. The van der Waals surface area contributed by atoms with Crippen molar-refractivity contribution < 1.29 is 0 Å². The third-order valence-electron chi connectivity index (χ3n) is 3.11. The van der Waals surface area contributed by atoms with Gasteiger partial charge in [-0.15, -0.1) is 21.8 Å². The molecule has 1 saturated heterocycles. The molecular formula is C10H17ClN4. The Morgan fingerprint density at radius 1 is 1.40 bits per heavy atom. The van der Waals surface area contributed by atoms with Crippen LogP contribution in [0.25, 0.3) is 0 Å². The molecule has 2 rings (SSSR count). The topological polar surface area (TPSA) is 34.0 Å². The first-order chi connectivity index (χ1) is 7.24. The van der Waals surface area contributed by atoms with Gasteiger partial charge < -0.3 is 5.01 Å². The fraction of sp³-hybridized carbons (Fsp3) is 0.800. The van der Waals surface area contributed by atoms with Crippen LogP contribution in [-0.2, 0) is 5.88 Å². The number of alkyl halides is 1. The highest BCUT2D eigenvalue weighted by molar-refractivity contribution is 6.16. The highest BCUT2D eigenvalue weighted by atomic mass is 35.5. The molecular weight excluding hydrogens is 212 g/mol. The van der Waals surface area contributed by atoms with Crippen LogP contribution in [0.5, 0.6) is 0 Å². The molecule has 0 N–H and O–H groups in total. The van der Waals surface area contributed by atoms with Gasteiger partial charge in [0, 0.05) is 12.1 Å². The molecule has 2 atom stereocenters. The maximum Gasteiger partial charge on any atom is 0.166 e. The summed E-state index contributed by atoms with van der Waals surface area (Å²) in [6.45, 7) is 4.49. The lowest BCUT2D eigenvalue weighted by molar-refractivity contribution is 0.332. The van der Waals surface area contributed by atoms with E-state index in [9.17, 15) is 0 Å². The summed E-state index contributed by atoms with van der Waals surface area (Å²) >= 11 is 5.84. The lowest BCUT2D eigenvalue weighted by Gasteiger charge is -2.41. The Kier molecular flexibility index (Phi) is 3.14. The second kappa shape index (κ2) is 4.39. The summed E-state index contributed by atoms with van der Waals surface area (Å²) in [5.74, 6) is 1.24. The van der Waals surface area contributed by atoms with E-state index in [1.807, 2.05) is 4.68 Å². The molecule has 0 spiro atoms. The van der Waals surface area contributed by atoms with Crippen molar-refractivity contribution >= 4 is 11.6 Å². The second-order valence-electron chi connectivity index (χ2n) is 4.23. The van der Waals surface area contributed by atoms with Crippen LogP contribution in [0, 0.1) is 0 Å². The molecule has 4 nitrogen and oxygen atoms in total. The number of halogens is 1. The van der Waals surface area contributed by atoms with Crippen LogP contribution < -0.4 is 5.01 Å². The van der Waals surface area contributed by atoms with E-state index in [1.54, 1.807) is 6.33 Å². The molecule has 1 aromatic heterocycles. The van der Waals surface area contributed by atoms with Crippen molar-refractivity contribution in [3.8, 4) is 0 Å². The fourth-order valence-corrected chi connectivity index (χ4v) is 2.54. The summed E-state index contributed by atoms with van der Waals surface area (Å²) in [5, 5.41) is 10.3. The summed E-state index contributed by atoms with van der Waals surface area (Å²) < 4.78 is 2.02. The lowest BCUT2D eigenvalue weighted by atomic mass is 10.00. The van der Waals surface area contributed by atoms with Crippen molar-refractivity contribution in [3.05, 3.63) is 12.2 Å². The van der Waals surface area contributed by atoms with Gasteiger partial charge in [-0.05, 0) is 33.1 Å². The van der Waals surface area contributed by atoms with Gasteiger partial charge in [0.15, 0.2) is 5.82 Å². The Labute approximate surface area is 95.2 Å². The van der Waals surface area contributed by atoms with Crippen molar-refractivity contribution in [1.29, 1.82) is 0 Å². The standard InChI is InChI=1S/C10H17ClN4/c1-8-4-3-5-9(2)15(8)14-7-12-13-10(14)6-11/h7-9H,3-6H2,1-2H3. The number of hydrogen-bond acceptors (Lipinski definition) is 3. The predicted octanol–water partition coefficient (Wildman–Crippen LogP) is 1.92. The van der Waals surface area contributed by atoms with Gasteiger partial charge in [-0.2, -0.15) is 0 Å². The van der Waals surface area contributed by atoms with Gasteiger partial charge in [0.1, 0.15) is 6.33 Å². The third kappa shape index (κ3) is 1.95. The first kappa shape index (κ1) is 10.7. The molecule has 2 heterocycles. The largest absolute Gasteiger partial charge is 0.305 e. The molecule has 15 heavy (non-hydrogen) atoms. The average molecular weight is 229 g/mol. The molecule has 84 valence electrons. The highest BCUT2D eigenvalue weighted by Crippen LogP contribution is 2.21. The van der Waals surface area contributed by atoms with Gasteiger partial charge >= 0.3 is 0 Å². The minimum atomic E-state index is 0.413. The molecule has 0 aliphatic carbocycles. The van der Waals surface area contributed by atoms with Crippen LogP contribution in [0.1, 0.15) is 38.9 Å². The maximum absolute atomic E-state index is 5.84. The Bertz CT molecular complexity index is 315. The molecule has 0 saturated carbocycles. The number of aromatic nitrogens is 3. The molecule has 1 aromatic rings.